The maximum absolute atomic E-state index is 15.7. The average Bonchev–Trinajstić information content (AvgIpc) is 3.20. The molecule has 0 aliphatic heterocycles. The van der Waals surface area contributed by atoms with E-state index in [4.69, 9.17) is 4.98 Å². The Kier molecular flexibility index (Phi) is 7.40. The second kappa shape index (κ2) is 10.7. The molecule has 0 spiro atoms. The van der Waals surface area contributed by atoms with E-state index in [1.807, 2.05) is 18.4 Å². The average molecular weight is 509 g/mol. The first-order valence-corrected chi connectivity index (χ1v) is 13.7. The molecule has 2 aliphatic rings. The molecule has 0 amide bonds. The quantitative estimate of drug-likeness (QED) is 0.350. The number of carbonyl (C=O) groups is 1. The Balaban J connectivity index is 1.63. The molecule has 0 unspecified atom stereocenters. The number of fused-ring (bicyclic) bond motifs is 1. The molecule has 37 heavy (non-hydrogen) atoms. The van der Waals surface area contributed by atoms with Crippen LogP contribution in [0.15, 0.2) is 12.3 Å². The minimum absolute atomic E-state index is 0.0125. The van der Waals surface area contributed by atoms with Crippen LogP contribution in [0.3, 0.4) is 0 Å². The van der Waals surface area contributed by atoms with Crippen molar-refractivity contribution in [3.8, 4) is 11.5 Å². The van der Waals surface area contributed by atoms with Gasteiger partial charge in [0.1, 0.15) is 11.2 Å². The fourth-order valence-corrected chi connectivity index (χ4v) is 5.62. The zero-order valence-corrected chi connectivity index (χ0v) is 22.0. The molecular formula is C28H37FN6O2. The van der Waals surface area contributed by atoms with E-state index in [1.165, 1.54) is 19.3 Å². The number of nitrogens with zero attached hydrogens (tertiary/aromatic N) is 5. The Bertz CT molecular complexity index is 1280. The maximum Gasteiger partial charge on any atom is 0.374 e. The standard InChI is InChI=1S/C28H37FN6O2/c1-16(2)20-12-14-30-22(21(20)29)27-34-25-23(35(27)15-19-9-7-17(3)8-10-19)24(32-26(33-25)28(36)37)31-13-11-18-5-4-6-18/h12,14,16-19H,4-11,13,15H2,1-3H3,(H,36,37)(H,31,32,33)/t17-,19-. The minimum atomic E-state index is -1.22. The highest BCUT2D eigenvalue weighted by Crippen LogP contribution is 2.36. The van der Waals surface area contributed by atoms with E-state index in [1.54, 1.807) is 12.3 Å². The summed E-state index contributed by atoms with van der Waals surface area (Å²) < 4.78 is 17.7. The lowest BCUT2D eigenvalue weighted by atomic mass is 9.83. The van der Waals surface area contributed by atoms with Gasteiger partial charge in [0.15, 0.2) is 23.1 Å². The van der Waals surface area contributed by atoms with Crippen molar-refractivity contribution in [1.29, 1.82) is 0 Å². The van der Waals surface area contributed by atoms with Crippen LogP contribution in [0, 0.1) is 23.6 Å². The third kappa shape index (κ3) is 5.31. The van der Waals surface area contributed by atoms with Crippen molar-refractivity contribution < 1.29 is 14.3 Å². The van der Waals surface area contributed by atoms with Crippen LogP contribution in [0.4, 0.5) is 10.2 Å². The molecule has 5 rings (SSSR count). The number of imidazole rings is 1. The van der Waals surface area contributed by atoms with Gasteiger partial charge < -0.3 is 15.0 Å². The zero-order valence-electron chi connectivity index (χ0n) is 22.0. The first kappa shape index (κ1) is 25.5. The van der Waals surface area contributed by atoms with Crippen LogP contribution in [0.1, 0.15) is 94.2 Å². The van der Waals surface area contributed by atoms with Crippen LogP contribution in [0.5, 0.6) is 0 Å². The van der Waals surface area contributed by atoms with Crippen molar-refractivity contribution in [2.75, 3.05) is 11.9 Å². The molecule has 2 aliphatic carbocycles. The zero-order chi connectivity index (χ0) is 26.1. The lowest BCUT2D eigenvalue weighted by molar-refractivity contribution is 0.0684. The Hall–Kier alpha value is -3.10. The van der Waals surface area contributed by atoms with Gasteiger partial charge in [-0.1, -0.05) is 52.9 Å². The lowest BCUT2D eigenvalue weighted by Crippen LogP contribution is -2.20. The molecule has 2 saturated carbocycles. The number of pyridine rings is 1. The molecule has 0 radical (unpaired) electrons. The summed E-state index contributed by atoms with van der Waals surface area (Å²) in [5.41, 5.74) is 1.63. The van der Waals surface area contributed by atoms with Crippen LogP contribution in [-0.2, 0) is 6.54 Å². The number of anilines is 1. The first-order valence-electron chi connectivity index (χ1n) is 13.7. The van der Waals surface area contributed by atoms with Crippen LogP contribution in [0.2, 0.25) is 0 Å². The fourth-order valence-electron chi connectivity index (χ4n) is 5.62. The van der Waals surface area contributed by atoms with Crippen molar-refractivity contribution >= 4 is 23.0 Å². The third-order valence-electron chi connectivity index (χ3n) is 8.19. The number of hydrogen-bond acceptors (Lipinski definition) is 6. The Morgan fingerprint density at radius 1 is 1.14 bits per heavy atom. The molecule has 8 nitrogen and oxygen atoms in total. The third-order valence-corrected chi connectivity index (χ3v) is 8.19. The minimum Gasteiger partial charge on any atom is -0.475 e. The normalized spacial score (nSPS) is 20.4. The van der Waals surface area contributed by atoms with E-state index >= 15 is 4.39 Å². The number of aromatic nitrogens is 5. The fraction of sp³-hybridized carbons (Fsp3) is 0.607. The summed E-state index contributed by atoms with van der Waals surface area (Å²) in [7, 11) is 0. The smallest absolute Gasteiger partial charge is 0.374 e. The van der Waals surface area contributed by atoms with E-state index in [2.05, 4.69) is 27.2 Å². The number of nitrogens with one attached hydrogen (secondary N) is 1. The van der Waals surface area contributed by atoms with Crippen LogP contribution in [-0.4, -0.2) is 42.1 Å². The second-order valence-corrected chi connectivity index (χ2v) is 11.3. The van der Waals surface area contributed by atoms with Gasteiger partial charge in [-0.25, -0.2) is 29.1 Å². The maximum atomic E-state index is 15.7. The van der Waals surface area contributed by atoms with Gasteiger partial charge in [-0.3, -0.25) is 0 Å². The molecule has 3 heterocycles. The van der Waals surface area contributed by atoms with Gasteiger partial charge in [-0.15, -0.1) is 0 Å². The predicted molar refractivity (Wildman–Crippen MR) is 141 cm³/mol. The van der Waals surface area contributed by atoms with Gasteiger partial charge in [-0.05, 0) is 54.6 Å². The molecule has 2 N–H and O–H groups in total. The molecule has 0 aromatic carbocycles. The van der Waals surface area contributed by atoms with Gasteiger partial charge >= 0.3 is 5.97 Å². The number of halogens is 1. The molecule has 0 saturated heterocycles. The summed E-state index contributed by atoms with van der Waals surface area (Å²) in [4.78, 5) is 29.6. The van der Waals surface area contributed by atoms with E-state index in [0.29, 0.717) is 53.6 Å². The van der Waals surface area contributed by atoms with E-state index in [-0.39, 0.29) is 23.1 Å². The Labute approximate surface area is 217 Å². The molecule has 0 bridgehead atoms. The van der Waals surface area contributed by atoms with Crippen molar-refractivity contribution in [3.63, 3.8) is 0 Å². The van der Waals surface area contributed by atoms with Crippen LogP contribution >= 0.6 is 0 Å². The summed E-state index contributed by atoms with van der Waals surface area (Å²) in [5, 5.41) is 13.1. The highest BCUT2D eigenvalue weighted by atomic mass is 19.1. The number of aromatic carboxylic acids is 1. The first-order chi connectivity index (χ1) is 17.8. The van der Waals surface area contributed by atoms with Crippen molar-refractivity contribution in [3.05, 3.63) is 29.5 Å². The molecule has 0 atom stereocenters. The van der Waals surface area contributed by atoms with Crippen molar-refractivity contribution in [2.24, 2.45) is 17.8 Å². The van der Waals surface area contributed by atoms with Gasteiger partial charge in [0, 0.05) is 19.3 Å². The predicted octanol–water partition coefficient (Wildman–Crippen LogP) is 6.28. The van der Waals surface area contributed by atoms with Crippen LogP contribution in [0.25, 0.3) is 22.7 Å². The number of carboxylic acids is 1. The highest BCUT2D eigenvalue weighted by Gasteiger charge is 2.28. The number of rotatable bonds is 9. The van der Waals surface area contributed by atoms with Gasteiger partial charge in [0.2, 0.25) is 5.82 Å². The largest absolute Gasteiger partial charge is 0.475 e. The number of hydrogen-bond donors (Lipinski definition) is 2. The molecule has 3 aromatic heterocycles. The second-order valence-electron chi connectivity index (χ2n) is 11.3. The van der Waals surface area contributed by atoms with E-state index in [0.717, 1.165) is 32.1 Å². The van der Waals surface area contributed by atoms with Gasteiger partial charge in [0.05, 0.1) is 0 Å². The van der Waals surface area contributed by atoms with Gasteiger partial charge in [0.25, 0.3) is 0 Å². The monoisotopic (exact) mass is 508 g/mol. The summed E-state index contributed by atoms with van der Waals surface area (Å²) in [6.07, 6.45) is 10.9. The summed E-state index contributed by atoms with van der Waals surface area (Å²) in [6, 6.07) is 1.70. The topological polar surface area (TPSA) is 106 Å². The van der Waals surface area contributed by atoms with Crippen molar-refractivity contribution in [1.82, 2.24) is 24.5 Å². The summed E-state index contributed by atoms with van der Waals surface area (Å²) >= 11 is 0. The Morgan fingerprint density at radius 2 is 1.89 bits per heavy atom. The lowest BCUT2D eigenvalue weighted by Gasteiger charge is -2.27. The van der Waals surface area contributed by atoms with Gasteiger partial charge in [-0.2, -0.15) is 0 Å². The SMILES string of the molecule is CC(C)c1ccnc(-c2nc3nc(C(=O)O)nc(NCCC4CCC4)c3n2C[C@H]2CC[C@H](C)CC2)c1F. The summed E-state index contributed by atoms with van der Waals surface area (Å²) in [5.74, 6) is 0.716. The molecule has 198 valence electrons. The van der Waals surface area contributed by atoms with Crippen molar-refractivity contribution in [2.45, 2.75) is 84.6 Å². The van der Waals surface area contributed by atoms with Crippen LogP contribution < -0.4 is 5.32 Å². The summed E-state index contributed by atoms with van der Waals surface area (Å²) in [6.45, 7) is 7.51. The molecule has 2 fully saturated rings. The van der Waals surface area contributed by atoms with E-state index in [9.17, 15) is 9.90 Å². The highest BCUT2D eigenvalue weighted by molar-refractivity contribution is 5.92. The Morgan fingerprint density at radius 3 is 2.54 bits per heavy atom. The number of carboxylic acid groups (broad SMARTS) is 1. The molecular weight excluding hydrogens is 471 g/mol. The molecule has 3 aromatic rings. The molecule has 9 heteroatoms. The van der Waals surface area contributed by atoms with E-state index < -0.39 is 11.8 Å².